The summed E-state index contributed by atoms with van der Waals surface area (Å²) >= 11 is 0. The summed E-state index contributed by atoms with van der Waals surface area (Å²) in [7, 11) is 0. The number of allylic oxidation sites excluding steroid dienone is 1. The smallest absolute Gasteiger partial charge is 0.219 e. The van der Waals surface area contributed by atoms with Crippen molar-refractivity contribution in [3.05, 3.63) is 35.8 Å². The maximum Gasteiger partial charge on any atom is 0.219 e. The van der Waals surface area contributed by atoms with Crippen LogP contribution in [-0.4, -0.2) is 45.1 Å². The number of fused-ring (bicyclic) bond motifs is 3. The van der Waals surface area contributed by atoms with E-state index in [0.717, 1.165) is 40.5 Å². The first-order chi connectivity index (χ1) is 14.0. The summed E-state index contributed by atoms with van der Waals surface area (Å²) in [5.41, 5.74) is 15.9. The molecule has 0 saturated carbocycles. The Morgan fingerprint density at radius 2 is 2.10 bits per heavy atom. The number of aromatic nitrogens is 3. The Kier molecular flexibility index (Phi) is 6.11. The second kappa shape index (κ2) is 8.72. The van der Waals surface area contributed by atoms with Crippen molar-refractivity contribution in [3.8, 4) is 0 Å². The number of benzene rings is 1. The molecule has 0 atom stereocenters. The number of nitrogens with two attached hydrogens (primary N) is 2. The third kappa shape index (κ3) is 4.21. The minimum atomic E-state index is -0.000564. The van der Waals surface area contributed by atoms with Crippen molar-refractivity contribution in [2.45, 2.75) is 33.7 Å². The first-order valence-electron chi connectivity index (χ1n) is 9.73. The van der Waals surface area contributed by atoms with Crippen molar-refractivity contribution in [2.24, 2.45) is 10.7 Å². The predicted octanol–water partition coefficient (Wildman–Crippen LogP) is 2.84. The zero-order valence-corrected chi connectivity index (χ0v) is 17.1. The van der Waals surface area contributed by atoms with Crippen molar-refractivity contribution in [1.82, 2.24) is 19.9 Å². The van der Waals surface area contributed by atoms with Crippen LogP contribution >= 0.6 is 0 Å². The van der Waals surface area contributed by atoms with Gasteiger partial charge in [0.1, 0.15) is 22.7 Å². The van der Waals surface area contributed by atoms with Gasteiger partial charge in [-0.2, -0.15) is 0 Å². The van der Waals surface area contributed by atoms with E-state index in [-0.39, 0.29) is 5.91 Å². The van der Waals surface area contributed by atoms with Crippen LogP contribution in [0.2, 0.25) is 0 Å². The van der Waals surface area contributed by atoms with Gasteiger partial charge < -0.3 is 21.4 Å². The maximum absolute atomic E-state index is 11.7. The summed E-state index contributed by atoms with van der Waals surface area (Å²) < 4.78 is 0. The molecule has 8 heteroatoms. The van der Waals surface area contributed by atoms with Gasteiger partial charge in [0, 0.05) is 43.4 Å². The number of aliphatic imine (C=N–C) groups is 1. The molecule has 0 aliphatic carbocycles. The highest BCUT2D eigenvalue weighted by Crippen LogP contribution is 2.28. The molecule has 2 aromatic heterocycles. The molecule has 5 N–H and O–H groups in total. The number of nitrogens with zero attached hydrogens (tertiary/aromatic N) is 4. The van der Waals surface area contributed by atoms with Crippen LogP contribution in [-0.2, 0) is 11.3 Å². The number of hydrogen-bond acceptors (Lipinski definition) is 6. The van der Waals surface area contributed by atoms with E-state index >= 15 is 0 Å². The number of amides is 1. The molecular weight excluding hydrogens is 366 g/mol. The molecule has 0 bridgehead atoms. The van der Waals surface area contributed by atoms with Crippen LogP contribution in [0.5, 0.6) is 0 Å². The molecule has 2 heterocycles. The van der Waals surface area contributed by atoms with Gasteiger partial charge in [-0.25, -0.2) is 9.97 Å². The van der Waals surface area contributed by atoms with E-state index in [2.05, 4.69) is 21.9 Å². The first-order valence-corrected chi connectivity index (χ1v) is 9.73. The number of anilines is 1. The fraction of sp³-hybridized carbons (Fsp3) is 0.333. The quantitative estimate of drug-likeness (QED) is 0.532. The number of nitrogen functional groups attached to an aromatic ring is 1. The van der Waals surface area contributed by atoms with E-state index in [9.17, 15) is 4.79 Å². The second-order valence-electron chi connectivity index (χ2n) is 6.83. The minimum Gasteiger partial charge on any atom is -0.404 e. The van der Waals surface area contributed by atoms with E-state index in [0.29, 0.717) is 30.2 Å². The lowest BCUT2D eigenvalue weighted by Crippen LogP contribution is -2.28. The number of rotatable bonds is 7. The summed E-state index contributed by atoms with van der Waals surface area (Å²) in [4.78, 5) is 30.2. The lowest BCUT2D eigenvalue weighted by atomic mass is 10.0. The van der Waals surface area contributed by atoms with Gasteiger partial charge in [-0.1, -0.05) is 13.0 Å². The summed E-state index contributed by atoms with van der Waals surface area (Å²) in [5, 5.41) is 0.883. The fourth-order valence-electron chi connectivity index (χ4n) is 3.20. The SMILES string of the molecule is CCCN=CC(=CN)c1ccc2c(c1)nc(N)c1[nH]c(CN(CC)C(C)=O)nc12. The molecule has 1 amide bonds. The minimum absolute atomic E-state index is 0.000564. The Balaban J connectivity index is 2.04. The van der Waals surface area contributed by atoms with Gasteiger partial charge in [0.05, 0.1) is 12.1 Å². The highest BCUT2D eigenvalue weighted by atomic mass is 16.2. The molecule has 0 spiro atoms. The molecule has 29 heavy (non-hydrogen) atoms. The number of H-pyrrole nitrogens is 1. The zero-order valence-electron chi connectivity index (χ0n) is 17.1. The molecule has 0 unspecified atom stereocenters. The van der Waals surface area contributed by atoms with E-state index in [4.69, 9.17) is 16.5 Å². The van der Waals surface area contributed by atoms with Gasteiger partial charge in [-0.05, 0) is 31.0 Å². The van der Waals surface area contributed by atoms with E-state index in [1.54, 1.807) is 18.0 Å². The van der Waals surface area contributed by atoms with Crippen molar-refractivity contribution in [3.63, 3.8) is 0 Å². The largest absolute Gasteiger partial charge is 0.404 e. The van der Waals surface area contributed by atoms with Crippen molar-refractivity contribution in [2.75, 3.05) is 18.8 Å². The molecule has 0 aliphatic heterocycles. The molecule has 0 radical (unpaired) electrons. The van der Waals surface area contributed by atoms with Gasteiger partial charge in [0.15, 0.2) is 0 Å². The van der Waals surface area contributed by atoms with Crippen LogP contribution in [0.25, 0.3) is 27.5 Å². The number of aromatic amines is 1. The molecule has 3 rings (SSSR count). The molecule has 152 valence electrons. The fourth-order valence-corrected chi connectivity index (χ4v) is 3.20. The average Bonchev–Trinajstić information content (AvgIpc) is 3.14. The van der Waals surface area contributed by atoms with E-state index in [1.165, 1.54) is 6.20 Å². The highest BCUT2D eigenvalue weighted by Gasteiger charge is 2.15. The number of carbonyl (C=O) groups is 1. The Morgan fingerprint density at radius 3 is 2.76 bits per heavy atom. The van der Waals surface area contributed by atoms with Crippen molar-refractivity contribution >= 4 is 45.4 Å². The van der Waals surface area contributed by atoms with Gasteiger partial charge in [-0.15, -0.1) is 0 Å². The van der Waals surface area contributed by atoms with Crippen LogP contribution in [0.1, 0.15) is 38.6 Å². The van der Waals surface area contributed by atoms with Crippen LogP contribution in [0, 0.1) is 0 Å². The maximum atomic E-state index is 11.7. The Bertz CT molecular complexity index is 1100. The summed E-state index contributed by atoms with van der Waals surface area (Å²) in [6.45, 7) is 7.31. The zero-order chi connectivity index (χ0) is 21.0. The number of imidazole rings is 1. The molecule has 0 fully saturated rings. The molecule has 0 saturated heterocycles. The van der Waals surface area contributed by atoms with Crippen LogP contribution < -0.4 is 11.5 Å². The summed E-state index contributed by atoms with van der Waals surface area (Å²) in [6, 6.07) is 5.87. The number of hydrogen-bond donors (Lipinski definition) is 3. The first kappa shape index (κ1) is 20.3. The van der Waals surface area contributed by atoms with Crippen molar-refractivity contribution in [1.29, 1.82) is 0 Å². The van der Waals surface area contributed by atoms with E-state index in [1.807, 2.05) is 25.1 Å². The topological polar surface area (TPSA) is 126 Å². The van der Waals surface area contributed by atoms with Gasteiger partial charge in [0.2, 0.25) is 5.91 Å². The number of nitrogens with one attached hydrogen (secondary N) is 1. The average molecular weight is 393 g/mol. The lowest BCUT2D eigenvalue weighted by Gasteiger charge is -2.16. The highest BCUT2D eigenvalue weighted by molar-refractivity contribution is 6.12. The molecule has 1 aromatic carbocycles. The second-order valence-corrected chi connectivity index (χ2v) is 6.83. The Hall–Kier alpha value is -3.42. The summed E-state index contributed by atoms with van der Waals surface area (Å²) in [5.74, 6) is 1.04. The lowest BCUT2D eigenvalue weighted by molar-refractivity contribution is -0.129. The van der Waals surface area contributed by atoms with Gasteiger partial charge in [-0.3, -0.25) is 9.79 Å². The molecule has 3 aromatic rings. The summed E-state index contributed by atoms with van der Waals surface area (Å²) in [6.07, 6.45) is 4.29. The van der Waals surface area contributed by atoms with Gasteiger partial charge >= 0.3 is 0 Å². The van der Waals surface area contributed by atoms with Crippen LogP contribution in [0.3, 0.4) is 0 Å². The molecule has 0 aliphatic rings. The molecular formula is C21H27N7O. The third-order valence-corrected chi connectivity index (χ3v) is 4.77. The Labute approximate surface area is 169 Å². The predicted molar refractivity (Wildman–Crippen MR) is 118 cm³/mol. The van der Waals surface area contributed by atoms with Crippen LogP contribution in [0.15, 0.2) is 29.4 Å². The van der Waals surface area contributed by atoms with Gasteiger partial charge in [0.25, 0.3) is 0 Å². The normalized spacial score (nSPS) is 12.3. The number of carbonyl (C=O) groups excluding carboxylic acids is 1. The number of pyridine rings is 1. The molecule has 8 nitrogen and oxygen atoms in total. The third-order valence-electron chi connectivity index (χ3n) is 4.77. The van der Waals surface area contributed by atoms with Crippen LogP contribution in [0.4, 0.5) is 5.82 Å². The standard InChI is InChI=1S/C21H27N7O/c1-4-8-24-11-15(10-22)14-6-7-16-17(9-14)25-21(23)20-19(16)26-18(27-20)12-28(5-2)13(3)29/h6-7,9-11H,4-5,8,12,22H2,1-3H3,(H2,23,25)(H,26,27). The van der Waals surface area contributed by atoms with Crippen molar-refractivity contribution < 1.29 is 4.79 Å². The van der Waals surface area contributed by atoms with E-state index < -0.39 is 0 Å². The Morgan fingerprint density at radius 1 is 1.31 bits per heavy atom. The monoisotopic (exact) mass is 393 g/mol.